The second kappa shape index (κ2) is 8.34. The standard InChI is InChI=1S/C20H27NO5/c1-14(17(22)15-8-6-5-7-9-15)25-18(23)16-10-12-21(13-11-16)19(24)26-20(2,3)4/h5-9,14,16H,10-13H2,1-4H3. The number of amides is 1. The van der Waals surface area contributed by atoms with Gasteiger partial charge in [0.15, 0.2) is 6.10 Å². The summed E-state index contributed by atoms with van der Waals surface area (Å²) in [5.74, 6) is -0.907. The first-order valence-electron chi connectivity index (χ1n) is 8.95. The highest BCUT2D eigenvalue weighted by Crippen LogP contribution is 2.21. The summed E-state index contributed by atoms with van der Waals surface area (Å²) >= 11 is 0. The minimum absolute atomic E-state index is 0.217. The maximum Gasteiger partial charge on any atom is 0.410 e. The van der Waals surface area contributed by atoms with Gasteiger partial charge in [0.1, 0.15) is 5.60 Å². The van der Waals surface area contributed by atoms with Gasteiger partial charge in [0, 0.05) is 18.7 Å². The van der Waals surface area contributed by atoms with Gasteiger partial charge in [-0.15, -0.1) is 0 Å². The summed E-state index contributed by atoms with van der Waals surface area (Å²) in [7, 11) is 0. The number of benzene rings is 1. The Hall–Kier alpha value is -2.37. The molecule has 1 amide bonds. The fourth-order valence-electron chi connectivity index (χ4n) is 2.79. The first-order chi connectivity index (χ1) is 12.2. The van der Waals surface area contributed by atoms with Gasteiger partial charge in [-0.3, -0.25) is 9.59 Å². The van der Waals surface area contributed by atoms with Crippen molar-refractivity contribution >= 4 is 17.8 Å². The molecule has 1 fully saturated rings. The number of likely N-dealkylation sites (tertiary alicyclic amines) is 1. The third-order valence-corrected chi connectivity index (χ3v) is 4.20. The first-order valence-corrected chi connectivity index (χ1v) is 8.95. The minimum atomic E-state index is -0.825. The predicted octanol–water partition coefficient (Wildman–Crippen LogP) is 3.45. The Kier molecular flexibility index (Phi) is 6.40. The molecule has 1 aromatic carbocycles. The van der Waals surface area contributed by atoms with Crippen molar-refractivity contribution < 1.29 is 23.9 Å². The molecule has 1 atom stereocenters. The van der Waals surface area contributed by atoms with E-state index in [1.54, 1.807) is 36.1 Å². The van der Waals surface area contributed by atoms with Gasteiger partial charge in [0.2, 0.25) is 5.78 Å². The summed E-state index contributed by atoms with van der Waals surface area (Å²) in [4.78, 5) is 38.3. The number of nitrogens with zero attached hydrogens (tertiary/aromatic N) is 1. The second-order valence-corrected chi connectivity index (χ2v) is 7.55. The van der Waals surface area contributed by atoms with E-state index in [-0.39, 0.29) is 23.8 Å². The van der Waals surface area contributed by atoms with Crippen molar-refractivity contribution in [2.24, 2.45) is 5.92 Å². The van der Waals surface area contributed by atoms with Crippen molar-refractivity contribution in [2.45, 2.75) is 52.2 Å². The molecule has 1 aromatic rings. The minimum Gasteiger partial charge on any atom is -0.454 e. The molecule has 1 heterocycles. The maximum atomic E-state index is 12.3. The predicted molar refractivity (Wildman–Crippen MR) is 96.9 cm³/mol. The monoisotopic (exact) mass is 361 g/mol. The lowest BCUT2D eigenvalue weighted by Gasteiger charge is -2.32. The zero-order valence-corrected chi connectivity index (χ0v) is 15.9. The number of hydrogen-bond acceptors (Lipinski definition) is 5. The van der Waals surface area contributed by atoms with Gasteiger partial charge in [-0.05, 0) is 40.5 Å². The first kappa shape index (κ1) is 19.9. The van der Waals surface area contributed by atoms with Gasteiger partial charge in [0.05, 0.1) is 5.92 Å². The molecule has 1 saturated heterocycles. The van der Waals surface area contributed by atoms with Crippen LogP contribution in [0.1, 0.15) is 50.9 Å². The smallest absolute Gasteiger partial charge is 0.410 e. The summed E-state index contributed by atoms with van der Waals surface area (Å²) in [5, 5.41) is 0. The van der Waals surface area contributed by atoms with Crippen LogP contribution in [0, 0.1) is 5.92 Å². The Morgan fingerprint density at radius 2 is 1.65 bits per heavy atom. The quantitative estimate of drug-likeness (QED) is 0.607. The van der Waals surface area contributed by atoms with E-state index in [1.807, 2.05) is 26.8 Å². The molecule has 1 aliphatic heterocycles. The van der Waals surface area contributed by atoms with Gasteiger partial charge in [-0.1, -0.05) is 30.3 Å². The summed E-state index contributed by atoms with van der Waals surface area (Å²) in [6.45, 7) is 7.93. The van der Waals surface area contributed by atoms with Crippen LogP contribution in [0.5, 0.6) is 0 Å². The molecule has 0 aromatic heterocycles. The number of ether oxygens (including phenoxy) is 2. The molecule has 0 bridgehead atoms. The molecule has 2 rings (SSSR count). The van der Waals surface area contributed by atoms with E-state index in [2.05, 4.69) is 0 Å². The van der Waals surface area contributed by atoms with Crippen molar-refractivity contribution in [2.75, 3.05) is 13.1 Å². The maximum absolute atomic E-state index is 12.3. The van der Waals surface area contributed by atoms with E-state index in [0.717, 1.165) is 0 Å². The van der Waals surface area contributed by atoms with Crippen molar-refractivity contribution in [1.29, 1.82) is 0 Å². The number of Topliss-reactive ketones (excluding diaryl/α,β-unsaturated/α-hetero) is 1. The van der Waals surface area contributed by atoms with E-state index in [4.69, 9.17) is 9.47 Å². The molecule has 6 heteroatoms. The largest absolute Gasteiger partial charge is 0.454 e. The Labute approximate surface area is 154 Å². The fourth-order valence-corrected chi connectivity index (χ4v) is 2.79. The molecule has 0 saturated carbocycles. The van der Waals surface area contributed by atoms with Crippen LogP contribution in [0.15, 0.2) is 30.3 Å². The van der Waals surface area contributed by atoms with Crippen LogP contribution in [-0.4, -0.2) is 47.5 Å². The van der Waals surface area contributed by atoms with Gasteiger partial charge in [-0.2, -0.15) is 0 Å². The topological polar surface area (TPSA) is 72.9 Å². The number of ketones is 1. The van der Waals surface area contributed by atoms with Gasteiger partial charge in [0.25, 0.3) is 0 Å². The fraction of sp³-hybridized carbons (Fsp3) is 0.550. The second-order valence-electron chi connectivity index (χ2n) is 7.55. The number of hydrogen-bond donors (Lipinski definition) is 0. The third kappa shape index (κ3) is 5.58. The average Bonchev–Trinajstić information content (AvgIpc) is 2.60. The molecule has 0 N–H and O–H groups in total. The van der Waals surface area contributed by atoms with Crippen LogP contribution in [0.4, 0.5) is 4.79 Å². The lowest BCUT2D eigenvalue weighted by Crippen LogP contribution is -2.43. The van der Waals surface area contributed by atoms with E-state index >= 15 is 0 Å². The summed E-state index contributed by atoms with van der Waals surface area (Å²) in [5.41, 5.74) is -0.0207. The van der Waals surface area contributed by atoms with Crippen LogP contribution < -0.4 is 0 Å². The van der Waals surface area contributed by atoms with Gasteiger partial charge in [-0.25, -0.2) is 4.79 Å². The molecule has 1 unspecified atom stereocenters. The highest BCUT2D eigenvalue weighted by Gasteiger charge is 2.32. The van der Waals surface area contributed by atoms with Crippen LogP contribution in [0.3, 0.4) is 0 Å². The Bertz CT molecular complexity index is 642. The summed E-state index contributed by atoms with van der Waals surface area (Å²) in [6, 6.07) is 8.77. The van der Waals surface area contributed by atoms with Crippen LogP contribution in [-0.2, 0) is 14.3 Å². The van der Waals surface area contributed by atoms with E-state index in [1.165, 1.54) is 0 Å². The Morgan fingerprint density at radius 3 is 2.19 bits per heavy atom. The van der Waals surface area contributed by atoms with Crippen molar-refractivity contribution in [1.82, 2.24) is 4.90 Å². The number of rotatable bonds is 4. The zero-order chi connectivity index (χ0) is 19.3. The molecule has 1 aliphatic rings. The SMILES string of the molecule is CC(OC(=O)C1CCN(C(=O)OC(C)(C)C)CC1)C(=O)c1ccccc1. The zero-order valence-electron chi connectivity index (χ0n) is 15.9. The van der Waals surface area contributed by atoms with Crippen LogP contribution >= 0.6 is 0 Å². The number of carbonyl (C=O) groups is 3. The molecule has 142 valence electrons. The molecule has 0 spiro atoms. The summed E-state index contributed by atoms with van der Waals surface area (Å²) in [6.07, 6.45) is -0.181. The van der Waals surface area contributed by atoms with Crippen molar-refractivity contribution in [3.8, 4) is 0 Å². The third-order valence-electron chi connectivity index (χ3n) is 4.20. The van der Waals surface area contributed by atoms with E-state index in [0.29, 0.717) is 31.5 Å². The number of esters is 1. The lowest BCUT2D eigenvalue weighted by atomic mass is 9.97. The summed E-state index contributed by atoms with van der Waals surface area (Å²) < 4.78 is 10.7. The normalized spacial score (nSPS) is 16.7. The van der Waals surface area contributed by atoms with Crippen molar-refractivity contribution in [3.63, 3.8) is 0 Å². The Morgan fingerprint density at radius 1 is 1.08 bits per heavy atom. The van der Waals surface area contributed by atoms with Crippen molar-refractivity contribution in [3.05, 3.63) is 35.9 Å². The van der Waals surface area contributed by atoms with Crippen LogP contribution in [0.2, 0.25) is 0 Å². The number of carbonyl (C=O) groups excluding carboxylic acids is 3. The molecule has 6 nitrogen and oxygen atoms in total. The average molecular weight is 361 g/mol. The molecule has 0 aliphatic carbocycles. The van der Waals surface area contributed by atoms with Crippen LogP contribution in [0.25, 0.3) is 0 Å². The molecule has 0 radical (unpaired) electrons. The lowest BCUT2D eigenvalue weighted by molar-refractivity contribution is -0.152. The molecular formula is C20H27NO5. The molecular weight excluding hydrogens is 334 g/mol. The Balaban J connectivity index is 1.83. The van der Waals surface area contributed by atoms with E-state index in [9.17, 15) is 14.4 Å². The highest BCUT2D eigenvalue weighted by molar-refractivity contribution is 6.00. The molecule has 26 heavy (non-hydrogen) atoms. The van der Waals surface area contributed by atoms with E-state index < -0.39 is 11.7 Å². The van der Waals surface area contributed by atoms with Gasteiger partial charge >= 0.3 is 12.1 Å². The number of piperidine rings is 1. The highest BCUT2D eigenvalue weighted by atomic mass is 16.6. The van der Waals surface area contributed by atoms with Gasteiger partial charge < -0.3 is 14.4 Å².